The van der Waals surface area contributed by atoms with Crippen molar-refractivity contribution >= 4 is 67.8 Å². The van der Waals surface area contributed by atoms with Crippen molar-refractivity contribution in [2.24, 2.45) is 0 Å². The third-order valence-electron chi connectivity index (χ3n) is 1.30. The quantitative estimate of drug-likeness (QED) is 0.353. The molecule has 5 heteroatoms. The summed E-state index contributed by atoms with van der Waals surface area (Å²) in [5.41, 5.74) is 0.576. The second-order valence-electron chi connectivity index (χ2n) is 2.16. The van der Waals surface area contributed by atoms with Crippen molar-refractivity contribution in [1.82, 2.24) is 0 Å². The Labute approximate surface area is 111 Å². The van der Waals surface area contributed by atoms with Gasteiger partial charge in [-0.3, -0.25) is 0 Å². The van der Waals surface area contributed by atoms with Gasteiger partial charge in [-0.25, -0.2) is 0 Å². The van der Waals surface area contributed by atoms with Crippen molar-refractivity contribution in [3.63, 3.8) is 0 Å². The van der Waals surface area contributed by atoms with E-state index in [0.29, 0.717) is 5.56 Å². The molecule has 2 nitrogen and oxygen atoms in total. The molecule has 0 aliphatic rings. The highest BCUT2D eigenvalue weighted by molar-refractivity contribution is 14.1. The van der Waals surface area contributed by atoms with Crippen molar-refractivity contribution in [3.05, 3.63) is 28.4 Å². The van der Waals surface area contributed by atoms with Gasteiger partial charge in [-0.1, -0.05) is 0 Å². The maximum Gasteiger partial charge on any atom is 0.179 e. The molecular formula is C7H5I3O2. The first-order valence-corrected chi connectivity index (χ1v) is 6.26. The van der Waals surface area contributed by atoms with Crippen molar-refractivity contribution in [3.8, 4) is 0 Å². The molecular weight excluding hydrogens is 497 g/mol. The zero-order valence-corrected chi connectivity index (χ0v) is 12.2. The Bertz CT molecular complexity index is 299. The van der Waals surface area contributed by atoms with Crippen LogP contribution in [0.5, 0.6) is 0 Å². The predicted octanol–water partition coefficient (Wildman–Crippen LogP) is 2.48. The molecule has 0 amide bonds. The summed E-state index contributed by atoms with van der Waals surface area (Å²) in [6, 6.07) is 3.77. The summed E-state index contributed by atoms with van der Waals surface area (Å²) >= 11 is 6.43. The Morgan fingerprint density at radius 1 is 1.08 bits per heavy atom. The Kier molecular flexibility index (Phi) is 4.48. The van der Waals surface area contributed by atoms with Crippen LogP contribution in [0.25, 0.3) is 0 Å². The fourth-order valence-corrected chi connectivity index (χ4v) is 3.24. The number of hydrogen-bond acceptors (Lipinski definition) is 2. The lowest BCUT2D eigenvalue weighted by Crippen LogP contribution is -2.00. The highest BCUT2D eigenvalue weighted by atomic mass is 127. The molecule has 0 fully saturated rings. The first-order valence-electron chi connectivity index (χ1n) is 3.03. The number of benzene rings is 1. The lowest BCUT2D eigenvalue weighted by molar-refractivity contribution is -0.0432. The normalized spacial score (nSPS) is 10.8. The summed E-state index contributed by atoms with van der Waals surface area (Å²) in [5.74, 6) is 0. The molecule has 0 saturated carbocycles. The molecule has 0 bridgehead atoms. The van der Waals surface area contributed by atoms with Crippen molar-refractivity contribution in [2.45, 2.75) is 6.29 Å². The molecule has 1 aromatic carbocycles. The second-order valence-corrected chi connectivity index (χ2v) is 5.65. The SMILES string of the molecule is OC(O)c1cc(I)cc(I)c1I. The van der Waals surface area contributed by atoms with E-state index in [1.807, 2.05) is 6.07 Å². The van der Waals surface area contributed by atoms with Crippen molar-refractivity contribution < 1.29 is 10.2 Å². The highest BCUT2D eigenvalue weighted by Gasteiger charge is 2.10. The smallest absolute Gasteiger partial charge is 0.179 e. The third kappa shape index (κ3) is 2.66. The molecule has 66 valence electrons. The van der Waals surface area contributed by atoms with E-state index in [1.54, 1.807) is 6.07 Å². The van der Waals surface area contributed by atoms with Gasteiger partial charge in [0.2, 0.25) is 0 Å². The minimum absolute atomic E-state index is 0.576. The Balaban J connectivity index is 3.28. The molecule has 0 saturated heterocycles. The van der Waals surface area contributed by atoms with Gasteiger partial charge >= 0.3 is 0 Å². The van der Waals surface area contributed by atoms with E-state index in [0.717, 1.165) is 10.7 Å². The molecule has 12 heavy (non-hydrogen) atoms. The number of aliphatic hydroxyl groups excluding tert-OH is 1. The molecule has 0 unspecified atom stereocenters. The first-order chi connectivity index (χ1) is 5.52. The predicted molar refractivity (Wildman–Crippen MR) is 71.8 cm³/mol. The average molecular weight is 502 g/mol. The molecule has 2 N–H and O–H groups in total. The molecule has 0 atom stereocenters. The van der Waals surface area contributed by atoms with E-state index in [2.05, 4.69) is 67.8 Å². The summed E-state index contributed by atoms with van der Waals surface area (Å²) in [4.78, 5) is 0. The van der Waals surface area contributed by atoms with Gasteiger partial charge in [-0.2, -0.15) is 0 Å². The zero-order valence-electron chi connectivity index (χ0n) is 5.76. The Morgan fingerprint density at radius 2 is 1.67 bits per heavy atom. The van der Waals surface area contributed by atoms with Crippen LogP contribution in [0.15, 0.2) is 12.1 Å². The Morgan fingerprint density at radius 3 is 2.17 bits per heavy atom. The topological polar surface area (TPSA) is 40.5 Å². The summed E-state index contributed by atoms with van der Waals surface area (Å²) in [6.45, 7) is 0. The summed E-state index contributed by atoms with van der Waals surface area (Å²) < 4.78 is 2.97. The molecule has 0 aliphatic heterocycles. The van der Waals surface area contributed by atoms with Gasteiger partial charge in [0, 0.05) is 16.3 Å². The molecule has 1 rings (SSSR count). The molecule has 0 aromatic heterocycles. The van der Waals surface area contributed by atoms with Crippen LogP contribution in [0.1, 0.15) is 11.9 Å². The van der Waals surface area contributed by atoms with Crippen LogP contribution in [0.2, 0.25) is 0 Å². The van der Waals surface area contributed by atoms with Gasteiger partial charge in [0.1, 0.15) is 0 Å². The fraction of sp³-hybridized carbons (Fsp3) is 0.143. The minimum Gasteiger partial charge on any atom is -0.364 e. The van der Waals surface area contributed by atoms with E-state index in [-0.39, 0.29) is 0 Å². The second kappa shape index (κ2) is 4.71. The van der Waals surface area contributed by atoms with Crippen LogP contribution in [0.3, 0.4) is 0 Å². The van der Waals surface area contributed by atoms with Crippen LogP contribution < -0.4 is 0 Å². The molecule has 0 radical (unpaired) electrons. The van der Waals surface area contributed by atoms with Crippen LogP contribution in [0, 0.1) is 10.7 Å². The lowest BCUT2D eigenvalue weighted by Gasteiger charge is -2.08. The molecule has 1 aromatic rings. The standard InChI is InChI=1S/C7H5I3O2/c8-3-1-4(7(11)12)6(10)5(9)2-3/h1-2,7,11-12H. The van der Waals surface area contributed by atoms with Gasteiger partial charge in [-0.15, -0.1) is 0 Å². The molecule has 0 heterocycles. The van der Waals surface area contributed by atoms with E-state index in [1.165, 1.54) is 0 Å². The summed E-state index contributed by atoms with van der Waals surface area (Å²) in [6.07, 6.45) is -1.37. The molecule has 0 aliphatic carbocycles. The maximum absolute atomic E-state index is 9.00. The maximum atomic E-state index is 9.00. The summed E-state index contributed by atoms with van der Waals surface area (Å²) in [7, 11) is 0. The van der Waals surface area contributed by atoms with Gasteiger partial charge in [0.25, 0.3) is 0 Å². The van der Waals surface area contributed by atoms with Gasteiger partial charge in [0.05, 0.1) is 0 Å². The van der Waals surface area contributed by atoms with Crippen LogP contribution in [-0.4, -0.2) is 10.2 Å². The Hall–Kier alpha value is 1.33. The number of halogens is 3. The minimum atomic E-state index is -1.37. The zero-order chi connectivity index (χ0) is 9.30. The van der Waals surface area contributed by atoms with Gasteiger partial charge in [-0.05, 0) is 79.9 Å². The summed E-state index contributed by atoms with van der Waals surface area (Å²) in [5, 5.41) is 18.0. The largest absolute Gasteiger partial charge is 0.364 e. The van der Waals surface area contributed by atoms with Gasteiger partial charge in [0.15, 0.2) is 6.29 Å². The lowest BCUT2D eigenvalue weighted by atomic mass is 10.2. The average Bonchev–Trinajstić information content (AvgIpc) is 1.96. The van der Waals surface area contributed by atoms with E-state index in [9.17, 15) is 0 Å². The van der Waals surface area contributed by atoms with E-state index in [4.69, 9.17) is 10.2 Å². The number of rotatable bonds is 1. The van der Waals surface area contributed by atoms with E-state index < -0.39 is 6.29 Å². The first kappa shape index (κ1) is 11.4. The monoisotopic (exact) mass is 502 g/mol. The fourth-order valence-electron chi connectivity index (χ4n) is 0.764. The molecule has 0 spiro atoms. The van der Waals surface area contributed by atoms with Gasteiger partial charge < -0.3 is 10.2 Å². The van der Waals surface area contributed by atoms with Crippen LogP contribution in [0.4, 0.5) is 0 Å². The number of hydrogen-bond donors (Lipinski definition) is 2. The number of aliphatic hydroxyl groups is 2. The van der Waals surface area contributed by atoms with E-state index >= 15 is 0 Å². The van der Waals surface area contributed by atoms with Crippen LogP contribution >= 0.6 is 67.8 Å². The third-order valence-corrected chi connectivity index (χ3v) is 5.01. The van der Waals surface area contributed by atoms with Crippen LogP contribution in [-0.2, 0) is 0 Å². The highest BCUT2D eigenvalue weighted by Crippen LogP contribution is 2.25. The van der Waals surface area contributed by atoms with Crippen molar-refractivity contribution in [2.75, 3.05) is 0 Å². The van der Waals surface area contributed by atoms with Crippen molar-refractivity contribution in [1.29, 1.82) is 0 Å².